The second-order valence-corrected chi connectivity index (χ2v) is 5.60. The van der Waals surface area contributed by atoms with E-state index in [9.17, 15) is 9.59 Å². The molecule has 0 aromatic carbocycles. The minimum Gasteiger partial charge on any atom is -0.480 e. The number of hydrogen-bond acceptors (Lipinski definition) is 2. The molecule has 0 fully saturated rings. The number of unbranched alkanes of at least 4 members (excludes halogenated alkanes) is 8. The smallest absolute Gasteiger partial charge is 0.480 e. The Labute approximate surface area is 152 Å². The van der Waals surface area contributed by atoms with E-state index in [-0.39, 0.29) is 35.5 Å². The van der Waals surface area contributed by atoms with Crippen molar-refractivity contribution in [2.75, 3.05) is 7.05 Å². The topological polar surface area (TPSA) is 57.6 Å². The van der Waals surface area contributed by atoms with Crippen LogP contribution in [0.3, 0.4) is 0 Å². The molecule has 0 aliphatic heterocycles. The monoisotopic (exact) mass is 308 g/mol. The van der Waals surface area contributed by atoms with Crippen LogP contribution < -0.4 is 29.6 Å². The molecule has 0 aromatic heterocycles. The maximum Gasteiger partial charge on any atom is 1.00 e. The summed E-state index contributed by atoms with van der Waals surface area (Å²) in [6.45, 7) is 3.76. The zero-order valence-electron chi connectivity index (χ0n) is 14.4. The number of aliphatic carboxylic acids is 1. The quantitative estimate of drug-likeness (QED) is 0.429. The van der Waals surface area contributed by atoms with E-state index in [2.05, 4.69) is 6.92 Å². The summed E-state index contributed by atoms with van der Waals surface area (Å²) < 4.78 is 0. The van der Waals surface area contributed by atoms with E-state index in [0.29, 0.717) is 6.42 Å². The van der Waals surface area contributed by atoms with Crippen molar-refractivity contribution >= 4 is 11.9 Å². The summed E-state index contributed by atoms with van der Waals surface area (Å²) >= 11 is 0. The third kappa shape index (κ3) is 12.2. The van der Waals surface area contributed by atoms with Gasteiger partial charge in [-0.3, -0.25) is 4.79 Å². The minimum atomic E-state index is -0.951. The van der Waals surface area contributed by atoms with Crippen molar-refractivity contribution < 1.29 is 44.3 Å². The van der Waals surface area contributed by atoms with Gasteiger partial charge in [-0.25, -0.2) is 4.79 Å². The van der Waals surface area contributed by atoms with Gasteiger partial charge in [0.25, 0.3) is 0 Å². The average Bonchev–Trinajstić information content (AvgIpc) is 2.43. The number of hydrogen-bond donors (Lipinski definition) is 1. The third-order valence-corrected chi connectivity index (χ3v) is 3.83. The summed E-state index contributed by atoms with van der Waals surface area (Å²) in [5.41, 5.74) is 0. The van der Waals surface area contributed by atoms with Crippen LogP contribution in [0.5, 0.6) is 0 Å². The molecule has 1 N–H and O–H groups in total. The van der Waals surface area contributed by atoms with Gasteiger partial charge in [-0.15, -0.1) is 0 Å². The molecule has 0 rings (SSSR count). The molecule has 1 atom stereocenters. The van der Waals surface area contributed by atoms with Crippen LogP contribution in [0.15, 0.2) is 0 Å². The first-order valence-corrected chi connectivity index (χ1v) is 7.99. The first-order valence-electron chi connectivity index (χ1n) is 7.99. The van der Waals surface area contributed by atoms with Crippen LogP contribution in [-0.2, 0) is 9.59 Å². The van der Waals surface area contributed by atoms with Crippen LogP contribution in [0.25, 0.3) is 0 Å². The third-order valence-electron chi connectivity index (χ3n) is 3.83. The van der Waals surface area contributed by atoms with E-state index in [1.54, 1.807) is 7.05 Å². The number of carboxylic acid groups (broad SMARTS) is 1. The number of nitrogens with zero attached hydrogens (tertiary/aromatic N) is 1. The van der Waals surface area contributed by atoms with Crippen molar-refractivity contribution in [2.45, 2.75) is 84.1 Å². The number of carbonyl (C=O) groups is 2. The summed E-state index contributed by atoms with van der Waals surface area (Å²) in [6.07, 6.45) is 11.4. The van der Waals surface area contributed by atoms with Gasteiger partial charge >= 0.3 is 35.5 Å². The zero-order chi connectivity index (χ0) is 15.4. The molecule has 4 nitrogen and oxygen atoms in total. The maximum atomic E-state index is 11.8. The van der Waals surface area contributed by atoms with Crippen LogP contribution in [-0.4, -0.2) is 35.0 Å². The Morgan fingerprint density at radius 1 is 0.952 bits per heavy atom. The molecule has 0 aliphatic rings. The van der Waals surface area contributed by atoms with Gasteiger partial charge < -0.3 is 10.0 Å². The van der Waals surface area contributed by atoms with E-state index >= 15 is 0 Å². The van der Waals surface area contributed by atoms with Crippen LogP contribution >= 0.6 is 0 Å². The number of carboxylic acids is 1. The Morgan fingerprint density at radius 2 is 1.38 bits per heavy atom. The fraction of sp³-hybridized carbons (Fsp3) is 0.875. The van der Waals surface area contributed by atoms with E-state index in [0.717, 1.165) is 12.8 Å². The van der Waals surface area contributed by atoms with E-state index in [1.807, 2.05) is 0 Å². The van der Waals surface area contributed by atoms with Gasteiger partial charge in [0.05, 0.1) is 0 Å². The van der Waals surface area contributed by atoms with Gasteiger partial charge in [0.1, 0.15) is 6.04 Å². The van der Waals surface area contributed by atoms with Crippen LogP contribution in [0.2, 0.25) is 0 Å². The van der Waals surface area contributed by atoms with Crippen LogP contribution in [0, 0.1) is 0 Å². The van der Waals surface area contributed by atoms with Crippen molar-refractivity contribution in [2.24, 2.45) is 0 Å². The Kier molecular flexibility index (Phi) is 16.4. The molecule has 0 spiro atoms. The second-order valence-electron chi connectivity index (χ2n) is 5.60. The van der Waals surface area contributed by atoms with E-state index < -0.39 is 12.0 Å². The SMILES string of the molecule is CCCCCCCCCCCC(=O)N(C)C(C)C(=O)O.[Na+]. The molecule has 5 heteroatoms. The molecule has 0 heterocycles. The molecule has 0 saturated heterocycles. The second kappa shape index (κ2) is 14.9. The molecule has 0 aromatic rings. The van der Waals surface area contributed by atoms with E-state index in [1.165, 1.54) is 56.8 Å². The summed E-state index contributed by atoms with van der Waals surface area (Å²) in [5, 5.41) is 8.84. The number of likely N-dealkylation sites (N-methyl/N-ethyl adjacent to an activating group) is 1. The first-order chi connectivity index (χ1) is 9.50. The van der Waals surface area contributed by atoms with Gasteiger partial charge in [-0.05, 0) is 13.3 Å². The fourth-order valence-corrected chi connectivity index (χ4v) is 2.14. The van der Waals surface area contributed by atoms with Gasteiger partial charge in [-0.2, -0.15) is 0 Å². The minimum absolute atomic E-state index is 0. The summed E-state index contributed by atoms with van der Waals surface area (Å²) in [5.74, 6) is -1.02. The molecular weight excluding hydrogens is 277 g/mol. The van der Waals surface area contributed by atoms with Gasteiger partial charge in [0, 0.05) is 13.5 Å². The normalized spacial score (nSPS) is 11.6. The summed E-state index contributed by atoms with van der Waals surface area (Å²) in [4.78, 5) is 23.9. The molecule has 118 valence electrons. The van der Waals surface area contributed by atoms with Gasteiger partial charge in [0.15, 0.2) is 0 Å². The molecule has 0 bridgehead atoms. The molecule has 1 amide bonds. The van der Waals surface area contributed by atoms with Crippen LogP contribution in [0.1, 0.15) is 78.1 Å². The first kappa shape index (κ1) is 23.2. The van der Waals surface area contributed by atoms with Gasteiger partial charge in [-0.1, -0.05) is 58.3 Å². The van der Waals surface area contributed by atoms with Crippen molar-refractivity contribution in [3.63, 3.8) is 0 Å². The molecule has 0 aliphatic carbocycles. The Bertz CT molecular complexity index is 285. The molecule has 0 saturated carbocycles. The Balaban J connectivity index is 0. The molecular formula is C16H31NNaO3+. The molecule has 1 unspecified atom stereocenters. The van der Waals surface area contributed by atoms with Crippen molar-refractivity contribution in [1.82, 2.24) is 4.90 Å². The van der Waals surface area contributed by atoms with Gasteiger partial charge in [0.2, 0.25) is 5.91 Å². The predicted molar refractivity (Wildman–Crippen MR) is 81.7 cm³/mol. The van der Waals surface area contributed by atoms with Crippen LogP contribution in [0.4, 0.5) is 0 Å². The average molecular weight is 308 g/mol. The standard InChI is InChI=1S/C16H31NO3.Na/c1-4-5-6-7-8-9-10-11-12-13-15(18)17(3)14(2)16(19)20;/h14H,4-13H2,1-3H3,(H,19,20);/q;+1. The van der Waals surface area contributed by atoms with E-state index in [4.69, 9.17) is 5.11 Å². The maximum absolute atomic E-state index is 11.8. The summed E-state index contributed by atoms with van der Waals surface area (Å²) in [7, 11) is 1.56. The van der Waals surface area contributed by atoms with Crippen molar-refractivity contribution in [3.05, 3.63) is 0 Å². The number of rotatable bonds is 12. The number of amides is 1. The number of carbonyl (C=O) groups excluding carboxylic acids is 1. The molecule has 0 radical (unpaired) electrons. The Morgan fingerprint density at radius 3 is 1.81 bits per heavy atom. The van der Waals surface area contributed by atoms with Crippen molar-refractivity contribution in [3.8, 4) is 0 Å². The summed E-state index contributed by atoms with van der Waals surface area (Å²) in [6, 6.07) is -0.735. The fourth-order valence-electron chi connectivity index (χ4n) is 2.14. The zero-order valence-corrected chi connectivity index (χ0v) is 16.4. The van der Waals surface area contributed by atoms with Crippen molar-refractivity contribution in [1.29, 1.82) is 0 Å². The molecule has 21 heavy (non-hydrogen) atoms. The largest absolute Gasteiger partial charge is 1.00 e. The predicted octanol–water partition coefficient (Wildman–Crippen LogP) is 0.843. The Hall–Kier alpha value is -0.0600.